The van der Waals surface area contributed by atoms with E-state index in [4.69, 9.17) is 16.1 Å². The number of hydrogen-bond donors (Lipinski definition) is 0. The molecule has 1 aliphatic heterocycles. The molecule has 1 fully saturated rings. The second-order valence-corrected chi connectivity index (χ2v) is 24.2. The van der Waals surface area contributed by atoms with Crippen LogP contribution in [-0.2, 0) is 31.5 Å². The molecule has 0 amide bonds. The molecule has 0 radical (unpaired) electrons. The SMILES string of the molecule is CCOP(=O)(Cc1ccc(N2CCN(c3cc(F)cc(-c4c(S(C)(=O)=O)c(C)n(C(C)C)c4-c4ccc(Cl)cc4)c3)CC2)cc1)c1ccc(C[C@H](CCN(C)C)CSc2ccccc2)c([N+](=O)[O-])c1. The van der Waals surface area contributed by atoms with Crippen molar-refractivity contribution in [2.75, 3.05) is 75.2 Å². The summed E-state index contributed by atoms with van der Waals surface area (Å²) >= 11 is 8.02. The lowest BCUT2D eigenvalue weighted by Crippen LogP contribution is -2.46. The molecule has 0 spiro atoms. The summed E-state index contributed by atoms with van der Waals surface area (Å²) in [6, 6.07) is 34.9. The maximum Gasteiger partial charge on any atom is 0.273 e. The molecule has 0 N–H and O–H groups in total. The van der Waals surface area contributed by atoms with Crippen LogP contribution in [0.5, 0.6) is 0 Å². The molecule has 366 valence electrons. The van der Waals surface area contributed by atoms with E-state index in [1.165, 1.54) is 24.5 Å². The van der Waals surface area contributed by atoms with Gasteiger partial charge in [0.05, 0.1) is 28.3 Å². The Kier molecular flexibility index (Phi) is 16.9. The molecule has 5 aromatic carbocycles. The standard InChI is InChI=1S/C53H62ClFN5O6PS2/c1-8-66-67(63,48-23-18-42(50(34-48)60(61)62)30-40(24-25-56(5)6)36-68-49-12-10-9-11-13-49)35-39-14-21-46(22-15-39)57-26-28-58(29-27-57)47-32-43(31-45(55)33-47)51-52(41-16-19-44(54)20-17-41)59(37(2)3)38(4)53(51)69(7,64)65/h9-23,31-34,37,40H,8,24-30,35-36H2,1-7H3/t40-,67?/m0/s1. The largest absolute Gasteiger partial charge is 0.368 e. The van der Waals surface area contributed by atoms with Crippen molar-refractivity contribution in [2.24, 2.45) is 5.92 Å². The molecule has 0 bridgehead atoms. The van der Waals surface area contributed by atoms with Gasteiger partial charge < -0.3 is 23.8 Å². The van der Waals surface area contributed by atoms with Crippen LogP contribution < -0.4 is 15.1 Å². The van der Waals surface area contributed by atoms with Crippen molar-refractivity contribution in [3.05, 3.63) is 153 Å². The predicted molar refractivity (Wildman–Crippen MR) is 283 cm³/mol. The molecule has 2 heterocycles. The van der Waals surface area contributed by atoms with Crippen molar-refractivity contribution in [1.29, 1.82) is 0 Å². The lowest BCUT2D eigenvalue weighted by molar-refractivity contribution is -0.385. The molecule has 2 atom stereocenters. The number of sulfone groups is 1. The Morgan fingerprint density at radius 3 is 2.13 bits per heavy atom. The Bertz CT molecular complexity index is 2910. The van der Waals surface area contributed by atoms with Crippen LogP contribution in [0.1, 0.15) is 50.1 Å². The Labute approximate surface area is 416 Å². The van der Waals surface area contributed by atoms with E-state index in [0.29, 0.717) is 76.7 Å². The van der Waals surface area contributed by atoms with E-state index in [1.54, 1.807) is 49.9 Å². The maximum atomic E-state index is 15.8. The van der Waals surface area contributed by atoms with E-state index in [-0.39, 0.29) is 40.2 Å². The fraction of sp³-hybridized carbons (Fsp3) is 0.358. The summed E-state index contributed by atoms with van der Waals surface area (Å²) in [6.07, 6.45) is 2.67. The minimum Gasteiger partial charge on any atom is -0.368 e. The van der Waals surface area contributed by atoms with Crippen LogP contribution in [0.4, 0.5) is 21.5 Å². The zero-order chi connectivity index (χ0) is 49.6. The Morgan fingerprint density at radius 2 is 1.54 bits per heavy atom. The predicted octanol–water partition coefficient (Wildman–Crippen LogP) is 12.2. The first kappa shape index (κ1) is 51.9. The van der Waals surface area contributed by atoms with Gasteiger partial charge in [-0.05, 0) is 144 Å². The Balaban J connectivity index is 1.07. The monoisotopic (exact) mass is 1010 g/mol. The van der Waals surface area contributed by atoms with Gasteiger partial charge in [-0.2, -0.15) is 0 Å². The number of nitro benzene ring substituents is 1. The van der Waals surface area contributed by atoms with E-state index in [2.05, 4.69) is 26.8 Å². The molecule has 7 rings (SSSR count). The molecule has 6 aromatic rings. The first-order chi connectivity index (χ1) is 32.8. The van der Waals surface area contributed by atoms with Crippen molar-refractivity contribution in [1.82, 2.24) is 9.47 Å². The summed E-state index contributed by atoms with van der Waals surface area (Å²) in [5, 5.41) is 13.5. The fourth-order valence-electron chi connectivity index (χ4n) is 9.37. The van der Waals surface area contributed by atoms with Gasteiger partial charge in [0.15, 0.2) is 9.84 Å². The maximum absolute atomic E-state index is 15.8. The second-order valence-electron chi connectivity index (χ2n) is 18.3. The zero-order valence-electron chi connectivity index (χ0n) is 40.4. The van der Waals surface area contributed by atoms with Gasteiger partial charge in [-0.1, -0.05) is 60.1 Å². The summed E-state index contributed by atoms with van der Waals surface area (Å²) in [5.74, 6) is 0.524. The molecule has 0 saturated carbocycles. The van der Waals surface area contributed by atoms with Crippen LogP contribution in [0.25, 0.3) is 22.4 Å². The number of halogens is 2. The number of rotatable bonds is 20. The number of aromatic nitrogens is 1. The highest BCUT2D eigenvalue weighted by molar-refractivity contribution is 7.99. The first-order valence-corrected chi connectivity index (χ1v) is 28.4. The number of nitro groups is 1. The van der Waals surface area contributed by atoms with Crippen LogP contribution in [-0.4, -0.2) is 88.2 Å². The van der Waals surface area contributed by atoms with Crippen LogP contribution in [0.3, 0.4) is 0 Å². The normalized spacial score (nSPS) is 14.7. The van der Waals surface area contributed by atoms with Crippen molar-refractivity contribution >= 4 is 62.9 Å². The molecule has 0 aliphatic carbocycles. The van der Waals surface area contributed by atoms with Gasteiger partial charge >= 0.3 is 0 Å². The third kappa shape index (κ3) is 12.5. The summed E-state index contributed by atoms with van der Waals surface area (Å²) in [4.78, 5) is 20.0. The number of nitrogens with zero attached hydrogens (tertiary/aromatic N) is 5. The first-order valence-electron chi connectivity index (χ1n) is 23.3. The van der Waals surface area contributed by atoms with Crippen molar-refractivity contribution in [2.45, 2.75) is 62.5 Å². The van der Waals surface area contributed by atoms with Crippen LogP contribution >= 0.6 is 30.7 Å². The highest BCUT2D eigenvalue weighted by Crippen LogP contribution is 2.50. The van der Waals surface area contributed by atoms with Crippen LogP contribution in [0.2, 0.25) is 5.02 Å². The van der Waals surface area contributed by atoms with Gasteiger partial charge in [0.25, 0.3) is 5.69 Å². The second kappa shape index (κ2) is 22.4. The minimum absolute atomic E-state index is 0.0439. The van der Waals surface area contributed by atoms with E-state index >= 15 is 4.39 Å². The van der Waals surface area contributed by atoms with E-state index in [9.17, 15) is 23.1 Å². The van der Waals surface area contributed by atoms with Gasteiger partial charge in [0, 0.05) is 93.7 Å². The Morgan fingerprint density at radius 1 is 0.884 bits per heavy atom. The molecule has 69 heavy (non-hydrogen) atoms. The average Bonchev–Trinajstić information content (AvgIpc) is 3.64. The summed E-state index contributed by atoms with van der Waals surface area (Å²) in [7, 11) is -3.25. The number of anilines is 2. The Hall–Kier alpha value is -4.95. The number of piperazine rings is 1. The number of hydrogen-bond acceptors (Lipinski definition) is 10. The molecule has 16 heteroatoms. The smallest absolute Gasteiger partial charge is 0.273 e. The van der Waals surface area contributed by atoms with E-state index in [1.807, 2.05) is 93.2 Å². The minimum atomic E-state index is -3.74. The highest BCUT2D eigenvalue weighted by Gasteiger charge is 2.32. The quantitative estimate of drug-likeness (QED) is 0.0316. The fourth-order valence-corrected chi connectivity index (χ4v) is 13.9. The number of benzene rings is 5. The van der Waals surface area contributed by atoms with Crippen LogP contribution in [0, 0.1) is 28.8 Å². The van der Waals surface area contributed by atoms with Crippen LogP contribution in [0.15, 0.2) is 125 Å². The highest BCUT2D eigenvalue weighted by atomic mass is 35.5. The zero-order valence-corrected chi connectivity index (χ0v) is 43.7. The summed E-state index contributed by atoms with van der Waals surface area (Å²) in [6.45, 7) is 11.0. The molecule has 1 saturated heterocycles. The molecular weight excluding hydrogens is 952 g/mol. The van der Waals surface area contributed by atoms with Gasteiger partial charge in [-0.25, -0.2) is 12.8 Å². The third-order valence-corrected chi connectivity index (χ3v) is 17.9. The van der Waals surface area contributed by atoms with Crippen molar-refractivity contribution < 1.29 is 26.8 Å². The van der Waals surface area contributed by atoms with Gasteiger partial charge in [0.2, 0.25) is 7.37 Å². The van der Waals surface area contributed by atoms with Crippen molar-refractivity contribution in [3.63, 3.8) is 0 Å². The van der Waals surface area contributed by atoms with Gasteiger partial charge in [-0.3, -0.25) is 14.7 Å². The molecular formula is C53H62ClFN5O6PS2. The van der Waals surface area contributed by atoms with Gasteiger partial charge in [0.1, 0.15) is 5.82 Å². The average molecular weight is 1010 g/mol. The van der Waals surface area contributed by atoms with E-state index < -0.39 is 23.0 Å². The van der Waals surface area contributed by atoms with Gasteiger partial charge in [-0.15, -0.1) is 11.8 Å². The molecule has 1 aliphatic rings. The summed E-state index contributed by atoms with van der Waals surface area (Å²) in [5.41, 5.74) is 5.96. The lowest BCUT2D eigenvalue weighted by Gasteiger charge is -2.37. The molecule has 1 unspecified atom stereocenters. The molecule has 1 aromatic heterocycles. The lowest BCUT2D eigenvalue weighted by atomic mass is 9.96. The number of thioether (sulfide) groups is 1. The topological polar surface area (TPSA) is 118 Å². The molecule has 11 nitrogen and oxygen atoms in total. The van der Waals surface area contributed by atoms with E-state index in [0.717, 1.165) is 40.4 Å². The van der Waals surface area contributed by atoms with Crippen molar-refractivity contribution in [3.8, 4) is 22.4 Å². The third-order valence-electron chi connectivity index (χ3n) is 12.6. The summed E-state index contributed by atoms with van der Waals surface area (Å²) < 4.78 is 65.5.